The topological polar surface area (TPSA) is 131 Å². The van der Waals surface area contributed by atoms with Gasteiger partial charge in [0.1, 0.15) is 0 Å². The maximum Gasteiger partial charge on any atom is 0.166 e. The summed E-state index contributed by atoms with van der Waals surface area (Å²) in [6, 6.07) is 7.19. The first-order valence-corrected chi connectivity index (χ1v) is 17.9. The highest BCUT2D eigenvalue weighted by Gasteiger charge is 2.74. The zero-order valence-corrected chi connectivity index (χ0v) is 28.0. The van der Waals surface area contributed by atoms with Gasteiger partial charge in [0, 0.05) is 49.4 Å². The summed E-state index contributed by atoms with van der Waals surface area (Å²) >= 11 is 0. The summed E-state index contributed by atoms with van der Waals surface area (Å²) in [4.78, 5) is 4.71. The van der Waals surface area contributed by atoms with Crippen molar-refractivity contribution in [3.05, 3.63) is 71.3 Å². The number of phenols is 2. The molecule has 256 valence electrons. The summed E-state index contributed by atoms with van der Waals surface area (Å²) in [6.45, 7) is 13.2. The lowest BCUT2D eigenvalue weighted by Gasteiger charge is -2.63. The molecule has 2 aromatic rings. The molecule has 4 fully saturated rings. The molecule has 2 saturated heterocycles. The molecule has 0 unspecified atom stereocenters. The van der Waals surface area contributed by atoms with Crippen LogP contribution in [0.1, 0.15) is 67.7 Å². The molecule has 0 aromatic heterocycles. The lowest BCUT2D eigenvalue weighted by molar-refractivity contribution is -0.164. The van der Waals surface area contributed by atoms with E-state index in [9.17, 15) is 20.4 Å². The number of aliphatic hydroxyl groups is 2. The average Bonchev–Trinajstić information content (AvgIpc) is 3.61. The van der Waals surface area contributed by atoms with E-state index < -0.39 is 34.2 Å². The van der Waals surface area contributed by atoms with E-state index in [1.807, 2.05) is 25.1 Å². The minimum Gasteiger partial charge on any atom is -0.504 e. The molecule has 8 aliphatic rings. The minimum absolute atomic E-state index is 0.0887. The zero-order valence-electron chi connectivity index (χ0n) is 28.0. The molecule has 4 bridgehead atoms. The lowest BCUT2D eigenvalue weighted by atomic mass is 9.48. The second-order valence-electron chi connectivity index (χ2n) is 16.0. The standard InChI is InChI=1S/C39H44N4O6/c1-4-15-42-16-13-36-30-22-5-7-26(44)32(30)48-34(36)24(9-11-38(36,46)28(42)18-22)40-41-25-10-12-39(47)29-19-23-6-8-27(45)33-31(23)37(39,35(25)49-33)14-17-43(29)20-21(2)3/h4-8,28-29,34-35,44-47H,1-2,9-20H2,3H3/b40-24+,41-25+/t28-,29-,34+,35+,36+,37+,38-,39-/m1/s1. The SMILES string of the molecule is C=CCN1CC[C@]23c4c5ccc(O)c4O[C@H]2/C(=N/N=C2\CC[C@@]4(O)[C@H]6Cc7ccc(O)c8c7[C@@]4(CCN6CC(=C)C)[C@H]2O8)CC[C@@]3(O)[C@H]1C5. The van der Waals surface area contributed by atoms with Gasteiger partial charge in [-0.05, 0) is 81.5 Å². The van der Waals surface area contributed by atoms with Crippen molar-refractivity contribution in [3.8, 4) is 23.0 Å². The smallest absolute Gasteiger partial charge is 0.166 e. The van der Waals surface area contributed by atoms with Crippen molar-refractivity contribution in [2.45, 2.75) is 105 Å². The number of benzene rings is 2. The van der Waals surface area contributed by atoms with E-state index in [1.54, 1.807) is 12.1 Å². The quantitative estimate of drug-likeness (QED) is 0.282. The maximum absolute atomic E-state index is 12.8. The van der Waals surface area contributed by atoms with Crippen LogP contribution in [0.2, 0.25) is 0 Å². The van der Waals surface area contributed by atoms with Gasteiger partial charge in [-0.3, -0.25) is 9.80 Å². The fourth-order valence-corrected chi connectivity index (χ4v) is 12.1. The third kappa shape index (κ3) is 3.42. The van der Waals surface area contributed by atoms with Crippen LogP contribution in [-0.2, 0) is 23.7 Å². The molecular formula is C39H44N4O6. The third-order valence-electron chi connectivity index (χ3n) is 13.9. The van der Waals surface area contributed by atoms with E-state index in [4.69, 9.17) is 19.7 Å². The van der Waals surface area contributed by atoms with Crippen LogP contribution in [0.4, 0.5) is 0 Å². The predicted octanol–water partition coefficient (Wildman–Crippen LogP) is 3.67. The largest absolute Gasteiger partial charge is 0.504 e. The van der Waals surface area contributed by atoms with Crippen LogP contribution in [0.15, 0.2) is 59.3 Å². The van der Waals surface area contributed by atoms with Gasteiger partial charge < -0.3 is 29.9 Å². The summed E-state index contributed by atoms with van der Waals surface area (Å²) < 4.78 is 13.4. The average molecular weight is 665 g/mol. The van der Waals surface area contributed by atoms with Crippen molar-refractivity contribution in [2.75, 3.05) is 26.2 Å². The zero-order chi connectivity index (χ0) is 33.7. The Kier molecular flexibility index (Phi) is 6.00. The Balaban J connectivity index is 1.07. The molecule has 0 amide bonds. The van der Waals surface area contributed by atoms with Crippen LogP contribution in [0.5, 0.6) is 23.0 Å². The highest BCUT2D eigenvalue weighted by atomic mass is 16.5. The van der Waals surface area contributed by atoms with Gasteiger partial charge in [-0.15, -0.1) is 6.58 Å². The molecule has 8 atom stereocenters. The summed E-state index contributed by atoms with van der Waals surface area (Å²) in [5, 5.41) is 57.6. The minimum atomic E-state index is -1.06. The van der Waals surface area contributed by atoms with Gasteiger partial charge in [0.15, 0.2) is 35.2 Å². The van der Waals surface area contributed by atoms with Crippen LogP contribution in [0, 0.1) is 0 Å². The monoisotopic (exact) mass is 664 g/mol. The fraction of sp³-hybridized carbons (Fsp3) is 0.538. The second kappa shape index (κ2) is 9.75. The third-order valence-corrected chi connectivity index (χ3v) is 13.9. The number of rotatable bonds is 5. The lowest BCUT2D eigenvalue weighted by Crippen LogP contribution is -2.76. The van der Waals surface area contributed by atoms with Gasteiger partial charge in [-0.2, -0.15) is 10.2 Å². The van der Waals surface area contributed by atoms with Gasteiger partial charge >= 0.3 is 0 Å². The van der Waals surface area contributed by atoms with Crippen molar-refractivity contribution < 1.29 is 29.9 Å². The van der Waals surface area contributed by atoms with Gasteiger partial charge in [-0.1, -0.05) is 30.4 Å². The number of aromatic hydroxyl groups is 2. The Bertz CT molecular complexity index is 1920. The summed E-state index contributed by atoms with van der Waals surface area (Å²) in [7, 11) is 0. The van der Waals surface area contributed by atoms with Crippen molar-refractivity contribution in [2.24, 2.45) is 10.2 Å². The highest BCUT2D eigenvalue weighted by molar-refractivity contribution is 5.97. The fourth-order valence-electron chi connectivity index (χ4n) is 12.1. The van der Waals surface area contributed by atoms with E-state index >= 15 is 0 Å². The first-order valence-electron chi connectivity index (χ1n) is 17.9. The molecule has 2 saturated carbocycles. The first-order chi connectivity index (χ1) is 23.6. The molecule has 10 rings (SSSR count). The van der Waals surface area contributed by atoms with E-state index in [-0.39, 0.29) is 23.6 Å². The van der Waals surface area contributed by atoms with Crippen molar-refractivity contribution in [1.29, 1.82) is 0 Å². The van der Waals surface area contributed by atoms with Crippen LogP contribution in [0.3, 0.4) is 0 Å². The van der Waals surface area contributed by atoms with Gasteiger partial charge in [0.05, 0.1) is 33.5 Å². The van der Waals surface area contributed by atoms with Crippen molar-refractivity contribution >= 4 is 11.4 Å². The van der Waals surface area contributed by atoms with Gasteiger partial charge in [0.25, 0.3) is 0 Å². The van der Waals surface area contributed by atoms with E-state index in [0.29, 0.717) is 69.4 Å². The molecule has 49 heavy (non-hydrogen) atoms. The molecule has 0 radical (unpaired) electrons. The van der Waals surface area contributed by atoms with Crippen LogP contribution >= 0.6 is 0 Å². The molecule has 4 aliphatic heterocycles. The Hall–Kier alpha value is -3.70. The number of hydrogen-bond donors (Lipinski definition) is 4. The van der Waals surface area contributed by atoms with E-state index in [1.165, 1.54) is 0 Å². The number of ether oxygens (including phenoxy) is 2. The van der Waals surface area contributed by atoms with E-state index in [0.717, 1.165) is 58.9 Å². The normalized spacial score (nSPS) is 40.8. The van der Waals surface area contributed by atoms with Crippen LogP contribution in [0.25, 0.3) is 0 Å². The molecule has 10 nitrogen and oxygen atoms in total. The molecule has 4 aliphatic carbocycles. The molecular weight excluding hydrogens is 620 g/mol. The molecule has 2 aromatic carbocycles. The van der Waals surface area contributed by atoms with Crippen molar-refractivity contribution in [1.82, 2.24) is 9.80 Å². The molecule has 10 heteroatoms. The highest BCUT2D eigenvalue weighted by Crippen LogP contribution is 2.66. The molecule has 4 heterocycles. The summed E-state index contributed by atoms with van der Waals surface area (Å²) in [5.74, 6) is 1.11. The Morgan fingerprint density at radius 1 is 0.816 bits per heavy atom. The van der Waals surface area contributed by atoms with Crippen LogP contribution in [-0.4, -0.2) is 103 Å². The first kappa shape index (κ1) is 30.2. The van der Waals surface area contributed by atoms with Crippen molar-refractivity contribution in [3.63, 3.8) is 0 Å². The molecule has 4 N–H and O–H groups in total. The number of nitrogens with zero attached hydrogens (tertiary/aromatic N) is 4. The Labute approximate surface area is 286 Å². The number of piperidine rings is 2. The van der Waals surface area contributed by atoms with E-state index in [2.05, 4.69) is 23.0 Å². The number of phenolic OH excluding ortho intramolecular Hbond substituents is 2. The van der Waals surface area contributed by atoms with Gasteiger partial charge in [0.2, 0.25) is 0 Å². The Morgan fingerprint density at radius 3 is 1.80 bits per heavy atom. The predicted molar refractivity (Wildman–Crippen MR) is 184 cm³/mol. The Morgan fingerprint density at radius 2 is 1.31 bits per heavy atom. The second-order valence-corrected chi connectivity index (χ2v) is 16.0. The van der Waals surface area contributed by atoms with Gasteiger partial charge in [-0.25, -0.2) is 0 Å². The number of hydrogen-bond acceptors (Lipinski definition) is 10. The molecule has 2 spiro atoms. The maximum atomic E-state index is 12.8. The summed E-state index contributed by atoms with van der Waals surface area (Å²) in [6.07, 6.45) is 5.51. The number of likely N-dealkylation sites (tertiary alicyclic amines) is 2. The summed E-state index contributed by atoms with van der Waals surface area (Å²) in [5.41, 5.74) is 3.05. The van der Waals surface area contributed by atoms with Crippen LogP contribution < -0.4 is 9.47 Å².